The van der Waals surface area contributed by atoms with Gasteiger partial charge in [-0.25, -0.2) is 0 Å². The Morgan fingerprint density at radius 2 is 1.22 bits per heavy atom. The number of rotatable bonds is 12. The van der Waals surface area contributed by atoms with Crippen LogP contribution in [0.2, 0.25) is 0 Å². The maximum absolute atomic E-state index is 11.0. The van der Waals surface area contributed by atoms with Crippen molar-refractivity contribution in [1.82, 2.24) is 0 Å². The summed E-state index contributed by atoms with van der Waals surface area (Å²) in [6, 6.07) is 0. The lowest BCUT2D eigenvalue weighted by Crippen LogP contribution is -2.79. The number of carbonyl (C=O) groups is 1. The molecule has 0 aliphatic carbocycles. The van der Waals surface area contributed by atoms with E-state index in [-0.39, 0.29) is 19.1 Å². The molecule has 0 aliphatic heterocycles. The van der Waals surface area contributed by atoms with Crippen molar-refractivity contribution >= 4 is 6.29 Å². The molecule has 0 heterocycles. The fourth-order valence-electron chi connectivity index (χ4n) is 2.41. The van der Waals surface area contributed by atoms with Crippen molar-refractivity contribution in [2.75, 3.05) is 0 Å². The molecular formula is C14H28O13. The Hall–Kier alpha value is -0.810. The van der Waals surface area contributed by atoms with Crippen molar-refractivity contribution in [3.8, 4) is 0 Å². The average Bonchev–Trinajstić information content (AvgIpc) is 2.50. The lowest BCUT2D eigenvalue weighted by Gasteiger charge is -2.49. The van der Waals surface area contributed by atoms with Crippen molar-refractivity contribution < 1.29 is 66.1 Å². The van der Waals surface area contributed by atoms with Gasteiger partial charge in [0.05, 0.1) is 5.92 Å². The monoisotopic (exact) mass is 404 g/mol. The van der Waals surface area contributed by atoms with Crippen molar-refractivity contribution in [2.24, 2.45) is 5.92 Å². The smallest absolute Gasteiger partial charge is 0.282 e. The molecule has 27 heavy (non-hydrogen) atoms. The second-order valence-electron chi connectivity index (χ2n) is 6.51. The van der Waals surface area contributed by atoms with E-state index >= 15 is 0 Å². The van der Waals surface area contributed by atoms with Gasteiger partial charge in [-0.2, -0.15) is 0 Å². The molecule has 0 amide bonds. The van der Waals surface area contributed by atoms with E-state index in [1.165, 1.54) is 6.92 Å². The molecule has 13 nitrogen and oxygen atoms in total. The molecule has 0 spiro atoms. The first-order valence-electron chi connectivity index (χ1n) is 7.99. The Bertz CT molecular complexity index is 480. The van der Waals surface area contributed by atoms with Crippen LogP contribution in [0.3, 0.4) is 0 Å². The zero-order chi connectivity index (χ0) is 21.9. The summed E-state index contributed by atoms with van der Waals surface area (Å²) in [7, 11) is 0. The summed E-state index contributed by atoms with van der Waals surface area (Å²) in [5.74, 6) is -22.5. The molecule has 0 radical (unpaired) electrons. The molecule has 2 atom stereocenters. The van der Waals surface area contributed by atoms with Crippen LogP contribution in [-0.2, 0) is 4.79 Å². The fraction of sp³-hybridized carbons (Fsp3) is 0.929. The van der Waals surface area contributed by atoms with Crippen LogP contribution in [0.15, 0.2) is 0 Å². The molecule has 0 aromatic heterocycles. The van der Waals surface area contributed by atoms with Crippen LogP contribution in [0.25, 0.3) is 0 Å². The zero-order valence-electron chi connectivity index (χ0n) is 14.5. The van der Waals surface area contributed by atoms with Gasteiger partial charge in [0.2, 0.25) is 5.79 Å². The van der Waals surface area contributed by atoms with Gasteiger partial charge in [0, 0.05) is 6.42 Å². The van der Waals surface area contributed by atoms with Gasteiger partial charge in [-0.1, -0.05) is 13.3 Å². The summed E-state index contributed by atoms with van der Waals surface area (Å²) in [5, 5.41) is 115. The molecule has 2 unspecified atom stereocenters. The highest BCUT2D eigenvalue weighted by atomic mass is 16.7. The van der Waals surface area contributed by atoms with E-state index < -0.39 is 60.4 Å². The molecule has 13 heteroatoms. The number of aliphatic hydroxyl groups excluding tert-OH is 1. The Kier molecular flexibility index (Phi) is 8.43. The summed E-state index contributed by atoms with van der Waals surface area (Å²) < 4.78 is 0. The van der Waals surface area contributed by atoms with E-state index in [1.54, 1.807) is 0 Å². The van der Waals surface area contributed by atoms with Gasteiger partial charge < -0.3 is 66.1 Å². The second kappa shape index (κ2) is 8.69. The van der Waals surface area contributed by atoms with Crippen LogP contribution >= 0.6 is 0 Å². The molecular weight excluding hydrogens is 376 g/mol. The normalized spacial score (nSPS) is 16.9. The first-order chi connectivity index (χ1) is 11.9. The Labute approximate surface area is 153 Å². The quantitative estimate of drug-likeness (QED) is 0.107. The summed E-state index contributed by atoms with van der Waals surface area (Å²) >= 11 is 0. The molecule has 0 bridgehead atoms. The standard InChI is InChI=1S/C14H28O13/c1-2-4-8(7-15)11(20,21)13(24,25)14(26,27)12(22,23)9(16)5-3-6-10(17,18)19/h7-9,16-27H,2-6H2,1H3. The molecule has 0 saturated heterocycles. The maximum atomic E-state index is 11.0. The number of carbonyl (C=O) groups excluding carboxylic acids is 1. The van der Waals surface area contributed by atoms with Gasteiger partial charge in [-0.3, -0.25) is 0 Å². The van der Waals surface area contributed by atoms with Crippen LogP contribution in [0.1, 0.15) is 39.0 Å². The third-order valence-electron chi connectivity index (χ3n) is 4.25. The fourth-order valence-corrected chi connectivity index (χ4v) is 2.41. The summed E-state index contributed by atoms with van der Waals surface area (Å²) in [6.07, 6.45) is -5.21. The van der Waals surface area contributed by atoms with E-state index in [0.29, 0.717) is 0 Å². The third kappa shape index (κ3) is 5.38. The lowest BCUT2D eigenvalue weighted by atomic mass is 9.79. The molecule has 0 saturated carbocycles. The minimum Gasteiger partial charge on any atom is -0.387 e. The topological polar surface area (TPSA) is 260 Å². The lowest BCUT2D eigenvalue weighted by molar-refractivity contribution is -0.518. The molecule has 0 rings (SSSR count). The van der Waals surface area contributed by atoms with Crippen molar-refractivity contribution in [3.63, 3.8) is 0 Å². The molecule has 0 aromatic carbocycles. The Morgan fingerprint density at radius 1 is 0.778 bits per heavy atom. The van der Waals surface area contributed by atoms with Crippen LogP contribution in [-0.4, -0.2) is 103 Å². The largest absolute Gasteiger partial charge is 0.387 e. The van der Waals surface area contributed by atoms with Crippen LogP contribution < -0.4 is 0 Å². The van der Waals surface area contributed by atoms with Crippen molar-refractivity contribution in [3.05, 3.63) is 0 Å². The van der Waals surface area contributed by atoms with Crippen LogP contribution in [0, 0.1) is 5.92 Å². The van der Waals surface area contributed by atoms with E-state index in [4.69, 9.17) is 15.3 Å². The van der Waals surface area contributed by atoms with Crippen LogP contribution in [0.5, 0.6) is 0 Å². The van der Waals surface area contributed by atoms with Crippen molar-refractivity contribution in [1.29, 1.82) is 0 Å². The number of aldehydes is 1. The van der Waals surface area contributed by atoms with Crippen LogP contribution in [0.4, 0.5) is 0 Å². The molecule has 0 fully saturated rings. The first kappa shape index (κ1) is 26.2. The molecule has 0 aliphatic rings. The Morgan fingerprint density at radius 3 is 1.59 bits per heavy atom. The third-order valence-corrected chi connectivity index (χ3v) is 4.25. The first-order valence-corrected chi connectivity index (χ1v) is 7.99. The minimum atomic E-state index is -4.62. The molecule has 0 aromatic rings. The predicted octanol–water partition coefficient (Wildman–Crippen LogP) is -5.51. The highest BCUT2D eigenvalue weighted by Gasteiger charge is 2.73. The summed E-state index contributed by atoms with van der Waals surface area (Å²) in [4.78, 5) is 11.0. The number of hydrogen-bond donors (Lipinski definition) is 12. The number of hydrogen-bond acceptors (Lipinski definition) is 13. The van der Waals surface area contributed by atoms with Crippen molar-refractivity contribution in [2.45, 2.75) is 74.3 Å². The summed E-state index contributed by atoms with van der Waals surface area (Å²) in [5.41, 5.74) is 0. The average molecular weight is 404 g/mol. The van der Waals surface area contributed by atoms with Gasteiger partial charge in [-0.05, 0) is 19.3 Å². The molecule has 162 valence electrons. The van der Waals surface area contributed by atoms with Gasteiger partial charge in [0.25, 0.3) is 23.3 Å². The second-order valence-corrected chi connectivity index (χ2v) is 6.51. The Balaban J connectivity index is 5.66. The van der Waals surface area contributed by atoms with E-state index in [1.807, 2.05) is 0 Å². The van der Waals surface area contributed by atoms with Gasteiger partial charge in [-0.15, -0.1) is 0 Å². The number of aliphatic hydroxyl groups is 12. The van der Waals surface area contributed by atoms with E-state index in [9.17, 15) is 50.8 Å². The highest BCUT2D eigenvalue weighted by Crippen LogP contribution is 2.40. The van der Waals surface area contributed by atoms with Gasteiger partial charge in [0.15, 0.2) is 0 Å². The van der Waals surface area contributed by atoms with E-state index in [2.05, 4.69) is 0 Å². The zero-order valence-corrected chi connectivity index (χ0v) is 14.5. The predicted molar refractivity (Wildman–Crippen MR) is 82.4 cm³/mol. The minimum absolute atomic E-state index is 0.115. The van der Waals surface area contributed by atoms with Gasteiger partial charge >= 0.3 is 0 Å². The highest BCUT2D eigenvalue weighted by molar-refractivity contribution is 5.55. The van der Waals surface area contributed by atoms with Gasteiger partial charge in [0.1, 0.15) is 12.4 Å². The molecule has 12 N–H and O–H groups in total. The van der Waals surface area contributed by atoms with E-state index in [0.717, 1.165) is 0 Å². The maximum Gasteiger partial charge on any atom is 0.282 e. The summed E-state index contributed by atoms with van der Waals surface area (Å²) in [6.45, 7) is 1.48. The SMILES string of the molecule is CCCC(C=O)C(O)(O)C(O)(O)C(O)(O)C(O)(O)C(O)CCCC(O)(O)O.